The molecule has 1 aliphatic heterocycles. The molecule has 2 aromatic carbocycles. The summed E-state index contributed by atoms with van der Waals surface area (Å²) in [6, 6.07) is 13.6. The molecule has 0 radical (unpaired) electrons. The highest BCUT2D eigenvalue weighted by Gasteiger charge is 2.33. The lowest BCUT2D eigenvalue weighted by atomic mass is 9.98. The minimum Gasteiger partial charge on any atom is -0.497 e. The second-order valence-electron chi connectivity index (χ2n) is 6.59. The monoisotopic (exact) mass is 389 g/mol. The molecule has 6 nitrogen and oxygen atoms in total. The van der Waals surface area contributed by atoms with Crippen molar-refractivity contribution in [3.05, 3.63) is 54.1 Å². The smallest absolute Gasteiger partial charge is 0.314 e. The number of sulfonamides is 1. The van der Waals surface area contributed by atoms with Gasteiger partial charge in [-0.25, -0.2) is 8.42 Å². The van der Waals surface area contributed by atoms with Gasteiger partial charge in [-0.05, 0) is 61.7 Å². The molecule has 0 aliphatic carbocycles. The number of carbonyl (C=O) groups is 1. The first-order chi connectivity index (χ1) is 12.9. The molecular weight excluding hydrogens is 366 g/mol. The van der Waals surface area contributed by atoms with Crippen LogP contribution < -0.4 is 9.47 Å². The summed E-state index contributed by atoms with van der Waals surface area (Å²) >= 11 is 0. The summed E-state index contributed by atoms with van der Waals surface area (Å²) in [5.74, 6) is 0.523. The van der Waals surface area contributed by atoms with E-state index >= 15 is 0 Å². The van der Waals surface area contributed by atoms with Gasteiger partial charge < -0.3 is 9.47 Å². The van der Waals surface area contributed by atoms with Crippen LogP contribution in [-0.2, 0) is 14.8 Å². The maximum atomic E-state index is 12.8. The molecule has 0 bridgehead atoms. The SMILES string of the molecule is COc1ccc(S(=O)(=O)N2CCC(C(=O)Oc3cccc(C)c3)CC2)cc1. The zero-order chi connectivity index (χ0) is 19.4. The number of carbonyl (C=O) groups excluding carboxylic acids is 1. The Hall–Kier alpha value is -2.38. The quantitative estimate of drug-likeness (QED) is 0.581. The summed E-state index contributed by atoms with van der Waals surface area (Å²) < 4.78 is 37.5. The van der Waals surface area contributed by atoms with E-state index in [1.807, 2.05) is 19.1 Å². The highest BCUT2D eigenvalue weighted by atomic mass is 32.2. The van der Waals surface area contributed by atoms with Gasteiger partial charge in [0.05, 0.1) is 17.9 Å². The van der Waals surface area contributed by atoms with E-state index in [0.717, 1.165) is 5.56 Å². The fourth-order valence-corrected chi connectivity index (χ4v) is 4.58. The molecule has 0 N–H and O–H groups in total. The Labute approximate surface area is 159 Å². The molecule has 0 aromatic heterocycles. The molecule has 0 atom stereocenters. The van der Waals surface area contributed by atoms with E-state index in [0.29, 0.717) is 37.4 Å². The molecule has 0 amide bonds. The number of hydrogen-bond acceptors (Lipinski definition) is 5. The van der Waals surface area contributed by atoms with Crippen LogP contribution in [-0.4, -0.2) is 38.9 Å². The second-order valence-corrected chi connectivity index (χ2v) is 8.53. The van der Waals surface area contributed by atoms with Gasteiger partial charge in [-0.15, -0.1) is 0 Å². The normalized spacial score (nSPS) is 16.1. The molecule has 1 saturated heterocycles. The van der Waals surface area contributed by atoms with Crippen molar-refractivity contribution in [2.45, 2.75) is 24.7 Å². The third-order valence-electron chi connectivity index (χ3n) is 4.69. The molecule has 1 fully saturated rings. The van der Waals surface area contributed by atoms with Crippen molar-refractivity contribution >= 4 is 16.0 Å². The van der Waals surface area contributed by atoms with Crippen molar-refractivity contribution in [1.29, 1.82) is 0 Å². The van der Waals surface area contributed by atoms with Gasteiger partial charge in [-0.1, -0.05) is 12.1 Å². The lowest BCUT2D eigenvalue weighted by Crippen LogP contribution is -2.41. The zero-order valence-electron chi connectivity index (χ0n) is 15.4. The van der Waals surface area contributed by atoms with Crippen LogP contribution in [0.1, 0.15) is 18.4 Å². The van der Waals surface area contributed by atoms with Crippen LogP contribution in [0.3, 0.4) is 0 Å². The van der Waals surface area contributed by atoms with E-state index < -0.39 is 10.0 Å². The van der Waals surface area contributed by atoms with Crippen molar-refractivity contribution in [3.8, 4) is 11.5 Å². The van der Waals surface area contributed by atoms with Crippen LogP contribution in [0.4, 0.5) is 0 Å². The number of nitrogens with zero attached hydrogens (tertiary/aromatic N) is 1. The van der Waals surface area contributed by atoms with Crippen LogP contribution >= 0.6 is 0 Å². The molecule has 144 valence electrons. The molecule has 0 saturated carbocycles. The lowest BCUT2D eigenvalue weighted by Gasteiger charge is -2.30. The Morgan fingerprint density at radius 1 is 1.04 bits per heavy atom. The van der Waals surface area contributed by atoms with Crippen molar-refractivity contribution in [3.63, 3.8) is 0 Å². The molecule has 7 heteroatoms. The van der Waals surface area contributed by atoms with Crippen molar-refractivity contribution in [2.75, 3.05) is 20.2 Å². The van der Waals surface area contributed by atoms with Gasteiger partial charge >= 0.3 is 5.97 Å². The van der Waals surface area contributed by atoms with Gasteiger partial charge in [0.15, 0.2) is 0 Å². The molecule has 2 aromatic rings. The number of hydrogen-bond donors (Lipinski definition) is 0. The molecule has 1 aliphatic rings. The number of piperidine rings is 1. The summed E-state index contributed by atoms with van der Waals surface area (Å²) in [6.07, 6.45) is 0.889. The average molecular weight is 389 g/mol. The third-order valence-corrected chi connectivity index (χ3v) is 6.61. The maximum Gasteiger partial charge on any atom is 0.314 e. The van der Waals surface area contributed by atoms with E-state index in [2.05, 4.69) is 0 Å². The number of rotatable bonds is 5. The maximum absolute atomic E-state index is 12.8. The van der Waals surface area contributed by atoms with Crippen molar-refractivity contribution in [2.24, 2.45) is 5.92 Å². The molecule has 3 rings (SSSR count). The van der Waals surface area contributed by atoms with E-state index in [4.69, 9.17) is 9.47 Å². The van der Waals surface area contributed by atoms with Crippen LogP contribution in [0.25, 0.3) is 0 Å². The Morgan fingerprint density at radius 2 is 1.70 bits per heavy atom. The van der Waals surface area contributed by atoms with Gasteiger partial charge in [0.2, 0.25) is 10.0 Å². The Balaban J connectivity index is 1.61. The number of ether oxygens (including phenoxy) is 2. The fraction of sp³-hybridized carbons (Fsp3) is 0.350. The first-order valence-electron chi connectivity index (χ1n) is 8.83. The van der Waals surface area contributed by atoms with Gasteiger partial charge in [0, 0.05) is 13.1 Å². The van der Waals surface area contributed by atoms with Crippen molar-refractivity contribution in [1.82, 2.24) is 4.31 Å². The molecular formula is C20H23NO5S. The topological polar surface area (TPSA) is 72.9 Å². The Bertz CT molecular complexity index is 900. The van der Waals surface area contributed by atoms with E-state index in [1.165, 1.54) is 23.5 Å². The van der Waals surface area contributed by atoms with Crippen LogP contribution in [0.5, 0.6) is 11.5 Å². The largest absolute Gasteiger partial charge is 0.497 e. The average Bonchev–Trinajstić information content (AvgIpc) is 2.68. The highest BCUT2D eigenvalue weighted by molar-refractivity contribution is 7.89. The van der Waals surface area contributed by atoms with Crippen LogP contribution in [0, 0.1) is 12.8 Å². The fourth-order valence-electron chi connectivity index (χ4n) is 3.11. The number of esters is 1. The predicted molar refractivity (Wildman–Crippen MR) is 101 cm³/mol. The first-order valence-corrected chi connectivity index (χ1v) is 10.3. The summed E-state index contributed by atoms with van der Waals surface area (Å²) in [4.78, 5) is 12.6. The van der Waals surface area contributed by atoms with Gasteiger partial charge in [0.1, 0.15) is 11.5 Å². The number of methoxy groups -OCH3 is 1. The second kappa shape index (κ2) is 8.10. The zero-order valence-corrected chi connectivity index (χ0v) is 16.2. The van der Waals surface area contributed by atoms with Gasteiger partial charge in [-0.3, -0.25) is 4.79 Å². The summed E-state index contributed by atoms with van der Waals surface area (Å²) in [6.45, 7) is 2.52. The van der Waals surface area contributed by atoms with E-state index in [9.17, 15) is 13.2 Å². The predicted octanol–water partition coefficient (Wildman–Crippen LogP) is 3.01. The van der Waals surface area contributed by atoms with E-state index in [-0.39, 0.29) is 16.8 Å². The van der Waals surface area contributed by atoms with Crippen molar-refractivity contribution < 1.29 is 22.7 Å². The Morgan fingerprint density at radius 3 is 2.30 bits per heavy atom. The molecule has 27 heavy (non-hydrogen) atoms. The molecule has 0 unspecified atom stereocenters. The summed E-state index contributed by atoms with van der Waals surface area (Å²) in [5, 5.41) is 0. The third kappa shape index (κ3) is 4.48. The summed E-state index contributed by atoms with van der Waals surface area (Å²) in [7, 11) is -2.04. The minimum absolute atomic E-state index is 0.226. The molecule has 0 spiro atoms. The van der Waals surface area contributed by atoms with Crippen LogP contribution in [0.2, 0.25) is 0 Å². The standard InChI is InChI=1S/C20H23NO5S/c1-15-4-3-5-18(14-15)26-20(22)16-10-12-21(13-11-16)27(23,24)19-8-6-17(25-2)7-9-19/h3-9,14,16H,10-13H2,1-2H3. The van der Waals surface area contributed by atoms with Gasteiger partial charge in [0.25, 0.3) is 0 Å². The summed E-state index contributed by atoms with van der Waals surface area (Å²) in [5.41, 5.74) is 1.01. The molecule has 1 heterocycles. The highest BCUT2D eigenvalue weighted by Crippen LogP contribution is 2.26. The first kappa shape index (κ1) is 19.4. The number of benzene rings is 2. The van der Waals surface area contributed by atoms with Gasteiger partial charge in [-0.2, -0.15) is 4.31 Å². The lowest BCUT2D eigenvalue weighted by molar-refractivity contribution is -0.140. The number of aryl methyl sites for hydroxylation is 1. The Kier molecular flexibility index (Phi) is 5.82. The minimum atomic E-state index is -3.57. The van der Waals surface area contributed by atoms with E-state index in [1.54, 1.807) is 24.3 Å². The van der Waals surface area contributed by atoms with Crippen LogP contribution in [0.15, 0.2) is 53.4 Å².